The molecule has 0 fully saturated rings. The first-order valence-electron chi connectivity index (χ1n) is 8.99. The summed E-state index contributed by atoms with van der Waals surface area (Å²) in [5, 5.41) is 0.0685. The van der Waals surface area contributed by atoms with Gasteiger partial charge >= 0.3 is 0 Å². The molecule has 4 rings (SSSR count). The second-order valence-electron chi connectivity index (χ2n) is 6.85. The minimum Gasteiger partial charge on any atom is -0.206 e. The molecule has 0 aliphatic heterocycles. The lowest BCUT2D eigenvalue weighted by Crippen LogP contribution is -1.92. The fourth-order valence-corrected chi connectivity index (χ4v) is 3.16. The van der Waals surface area contributed by atoms with Crippen LogP contribution in [0.15, 0.2) is 60.7 Å². The van der Waals surface area contributed by atoms with Crippen LogP contribution in [-0.4, -0.2) is 0 Å². The zero-order valence-electron chi connectivity index (χ0n) is 15.7. The Kier molecular flexibility index (Phi) is 5.01. The second-order valence-corrected chi connectivity index (χ2v) is 6.85. The van der Waals surface area contributed by atoms with E-state index in [0.717, 1.165) is 11.6 Å². The molecule has 0 saturated carbocycles. The van der Waals surface area contributed by atoms with E-state index < -0.39 is 29.1 Å². The Morgan fingerprint density at radius 1 is 0.633 bits per heavy atom. The summed E-state index contributed by atoms with van der Waals surface area (Å²) < 4.78 is 69.2. The summed E-state index contributed by atoms with van der Waals surface area (Å²) in [7, 11) is 0. The van der Waals surface area contributed by atoms with Crippen molar-refractivity contribution in [3.05, 3.63) is 106 Å². The Labute approximate surface area is 169 Å². The van der Waals surface area contributed by atoms with E-state index in [1.807, 2.05) is 0 Å². The van der Waals surface area contributed by atoms with Crippen molar-refractivity contribution >= 4 is 10.8 Å². The standard InChI is InChI=1S/C25H13F5/c1-14-2-8-19(22(27)10-14)17-7-6-16(21(26)12-17)5-3-15-4-9-20-18(11-15)13-23(28)25(30)24(20)29/h2,4,6-13H,1H3. The number of hydrogen-bond donors (Lipinski definition) is 0. The van der Waals surface area contributed by atoms with E-state index in [4.69, 9.17) is 0 Å². The average molecular weight is 408 g/mol. The lowest BCUT2D eigenvalue weighted by atomic mass is 10.0. The molecule has 0 N–H and O–H groups in total. The maximum atomic E-state index is 14.5. The van der Waals surface area contributed by atoms with Crippen molar-refractivity contribution in [2.24, 2.45) is 0 Å². The van der Waals surface area contributed by atoms with Crippen LogP contribution >= 0.6 is 0 Å². The van der Waals surface area contributed by atoms with Gasteiger partial charge in [0.25, 0.3) is 0 Å². The molecular weight excluding hydrogens is 395 g/mol. The van der Waals surface area contributed by atoms with Crippen molar-refractivity contribution in [2.45, 2.75) is 6.92 Å². The first-order chi connectivity index (χ1) is 14.3. The molecule has 0 bridgehead atoms. The van der Waals surface area contributed by atoms with Crippen molar-refractivity contribution in [3.63, 3.8) is 0 Å². The van der Waals surface area contributed by atoms with Gasteiger partial charge in [-0.2, -0.15) is 0 Å². The van der Waals surface area contributed by atoms with Crippen LogP contribution in [0.4, 0.5) is 22.0 Å². The molecular formula is C25H13F5. The zero-order valence-corrected chi connectivity index (χ0v) is 15.7. The van der Waals surface area contributed by atoms with Crippen LogP contribution in [0.2, 0.25) is 0 Å². The summed E-state index contributed by atoms with van der Waals surface area (Å²) >= 11 is 0. The van der Waals surface area contributed by atoms with Gasteiger partial charge in [-0.3, -0.25) is 0 Å². The summed E-state index contributed by atoms with van der Waals surface area (Å²) in [5.41, 5.74) is 1.89. The number of benzene rings is 4. The number of aryl methyl sites for hydroxylation is 1. The highest BCUT2D eigenvalue weighted by Crippen LogP contribution is 2.26. The predicted molar refractivity (Wildman–Crippen MR) is 106 cm³/mol. The molecule has 148 valence electrons. The van der Waals surface area contributed by atoms with E-state index in [1.165, 1.54) is 36.4 Å². The fourth-order valence-electron chi connectivity index (χ4n) is 3.16. The normalized spacial score (nSPS) is 10.7. The van der Waals surface area contributed by atoms with Crippen molar-refractivity contribution < 1.29 is 22.0 Å². The van der Waals surface area contributed by atoms with Gasteiger partial charge in [0.1, 0.15) is 11.6 Å². The van der Waals surface area contributed by atoms with Gasteiger partial charge in [-0.1, -0.05) is 36.1 Å². The van der Waals surface area contributed by atoms with Crippen molar-refractivity contribution in [2.75, 3.05) is 0 Å². The van der Waals surface area contributed by atoms with Crippen molar-refractivity contribution in [1.82, 2.24) is 0 Å². The monoisotopic (exact) mass is 408 g/mol. The van der Waals surface area contributed by atoms with Gasteiger partial charge in [-0.15, -0.1) is 0 Å². The van der Waals surface area contributed by atoms with Crippen LogP contribution in [0.25, 0.3) is 21.9 Å². The SMILES string of the molecule is Cc1ccc(-c2ccc(C#Cc3ccc4c(F)c(F)c(F)cc4c3)c(F)c2)c(F)c1. The molecule has 0 aliphatic carbocycles. The third kappa shape index (κ3) is 3.65. The van der Waals surface area contributed by atoms with Crippen LogP contribution < -0.4 is 0 Å². The third-order valence-corrected chi connectivity index (χ3v) is 4.72. The summed E-state index contributed by atoms with van der Waals surface area (Å²) in [6.07, 6.45) is 0. The predicted octanol–water partition coefficient (Wildman–Crippen LogP) is 6.91. The van der Waals surface area contributed by atoms with Gasteiger partial charge in [0.15, 0.2) is 17.5 Å². The van der Waals surface area contributed by atoms with E-state index >= 15 is 0 Å². The van der Waals surface area contributed by atoms with Crippen LogP contribution in [0.1, 0.15) is 16.7 Å². The molecule has 4 aromatic rings. The topological polar surface area (TPSA) is 0 Å². The van der Waals surface area contributed by atoms with Crippen LogP contribution in [0, 0.1) is 47.9 Å². The average Bonchev–Trinajstić information content (AvgIpc) is 2.71. The fraction of sp³-hybridized carbons (Fsp3) is 0.0400. The van der Waals surface area contributed by atoms with Gasteiger partial charge in [0.05, 0.1) is 5.56 Å². The summed E-state index contributed by atoms with van der Waals surface area (Å²) in [5.74, 6) is 0.211. The van der Waals surface area contributed by atoms with E-state index in [9.17, 15) is 22.0 Å². The molecule has 0 spiro atoms. The molecule has 30 heavy (non-hydrogen) atoms. The van der Waals surface area contributed by atoms with Gasteiger partial charge in [-0.05, 0) is 59.8 Å². The molecule has 0 unspecified atom stereocenters. The van der Waals surface area contributed by atoms with Gasteiger partial charge in [0.2, 0.25) is 0 Å². The molecule has 4 aromatic carbocycles. The minimum atomic E-state index is -1.53. The van der Waals surface area contributed by atoms with Crippen molar-refractivity contribution in [3.8, 4) is 23.0 Å². The first kappa shape index (κ1) is 19.7. The van der Waals surface area contributed by atoms with Gasteiger partial charge in [-0.25, -0.2) is 22.0 Å². The second kappa shape index (κ2) is 7.64. The molecule has 0 radical (unpaired) electrons. The summed E-state index contributed by atoms with van der Waals surface area (Å²) in [6, 6.07) is 13.9. The van der Waals surface area contributed by atoms with Crippen LogP contribution in [0.3, 0.4) is 0 Å². The molecule has 5 heteroatoms. The molecule has 0 aliphatic rings. The lowest BCUT2D eigenvalue weighted by Gasteiger charge is -2.06. The van der Waals surface area contributed by atoms with E-state index in [1.54, 1.807) is 25.1 Å². The quantitative estimate of drug-likeness (QED) is 0.182. The lowest BCUT2D eigenvalue weighted by molar-refractivity contribution is 0.453. The Balaban J connectivity index is 1.68. The summed E-state index contributed by atoms with van der Waals surface area (Å²) in [4.78, 5) is 0. The van der Waals surface area contributed by atoms with Crippen LogP contribution in [-0.2, 0) is 0 Å². The number of hydrogen-bond acceptors (Lipinski definition) is 0. The maximum Gasteiger partial charge on any atom is 0.195 e. The smallest absolute Gasteiger partial charge is 0.195 e. The Bertz CT molecular complexity index is 1360. The minimum absolute atomic E-state index is 0.0740. The highest BCUT2D eigenvalue weighted by atomic mass is 19.2. The largest absolute Gasteiger partial charge is 0.206 e. The molecule has 0 saturated heterocycles. The molecule has 0 heterocycles. The Hall–Kier alpha value is -3.65. The molecule has 0 nitrogen and oxygen atoms in total. The maximum absolute atomic E-state index is 14.5. The Morgan fingerprint density at radius 2 is 1.43 bits per heavy atom. The zero-order chi connectivity index (χ0) is 21.4. The summed E-state index contributed by atoms with van der Waals surface area (Å²) in [6.45, 7) is 1.76. The van der Waals surface area contributed by atoms with Gasteiger partial charge in [0, 0.05) is 16.5 Å². The number of halogens is 5. The van der Waals surface area contributed by atoms with Gasteiger partial charge < -0.3 is 0 Å². The highest BCUT2D eigenvalue weighted by Gasteiger charge is 2.13. The van der Waals surface area contributed by atoms with Crippen molar-refractivity contribution in [1.29, 1.82) is 0 Å². The molecule has 0 atom stereocenters. The van der Waals surface area contributed by atoms with E-state index in [-0.39, 0.29) is 21.9 Å². The number of fused-ring (bicyclic) bond motifs is 1. The number of rotatable bonds is 1. The van der Waals surface area contributed by atoms with E-state index in [2.05, 4.69) is 11.8 Å². The third-order valence-electron chi connectivity index (χ3n) is 4.72. The highest BCUT2D eigenvalue weighted by molar-refractivity contribution is 5.84. The molecule has 0 amide bonds. The van der Waals surface area contributed by atoms with Crippen LogP contribution in [0.5, 0.6) is 0 Å². The Morgan fingerprint density at radius 3 is 2.17 bits per heavy atom. The first-order valence-corrected chi connectivity index (χ1v) is 8.99. The van der Waals surface area contributed by atoms with E-state index in [0.29, 0.717) is 11.1 Å². The molecule has 0 aromatic heterocycles.